The highest BCUT2D eigenvalue weighted by Gasteiger charge is 2.21. The molecule has 4 heteroatoms. The predicted molar refractivity (Wildman–Crippen MR) is 71.4 cm³/mol. The van der Waals surface area contributed by atoms with Crippen molar-refractivity contribution in [2.75, 3.05) is 6.61 Å². The second kappa shape index (κ2) is 5.75. The van der Waals surface area contributed by atoms with Gasteiger partial charge >= 0.3 is 0 Å². The van der Waals surface area contributed by atoms with E-state index in [0.717, 1.165) is 24.3 Å². The molecule has 0 aromatic heterocycles. The third kappa shape index (κ3) is 3.05. The number of nitrogens with zero attached hydrogens (tertiary/aromatic N) is 1. The van der Waals surface area contributed by atoms with E-state index in [-0.39, 0.29) is 11.8 Å². The zero-order valence-corrected chi connectivity index (χ0v) is 11.3. The molecule has 2 rings (SSSR count). The number of carbonyl (C=O) groups excluding carboxylic acids is 1. The van der Waals surface area contributed by atoms with Crippen LogP contribution in [0.4, 0.5) is 0 Å². The molecule has 1 aliphatic heterocycles. The molecule has 1 N–H and O–H groups in total. The van der Waals surface area contributed by atoms with Crippen molar-refractivity contribution in [3.8, 4) is 11.8 Å². The minimum atomic E-state index is -0.585. The Morgan fingerprint density at radius 3 is 3.00 bits per heavy atom. The molecule has 1 atom stereocenters. The first-order valence-electron chi connectivity index (χ1n) is 6.53. The topological polar surface area (TPSA) is 62.1 Å². The van der Waals surface area contributed by atoms with E-state index in [1.165, 1.54) is 5.56 Å². The highest BCUT2D eigenvalue weighted by Crippen LogP contribution is 2.25. The van der Waals surface area contributed by atoms with Gasteiger partial charge in [0.2, 0.25) is 5.91 Å². The van der Waals surface area contributed by atoms with Crippen LogP contribution in [0.1, 0.15) is 25.0 Å². The Kier molecular flexibility index (Phi) is 4.06. The third-order valence-electron chi connectivity index (χ3n) is 3.31. The lowest BCUT2D eigenvalue weighted by atomic mass is 9.96. The number of amides is 1. The Balaban J connectivity index is 1.96. The number of nitriles is 1. The lowest BCUT2D eigenvalue weighted by Gasteiger charge is -2.13. The van der Waals surface area contributed by atoms with E-state index in [1.807, 2.05) is 32.0 Å². The van der Waals surface area contributed by atoms with E-state index in [1.54, 1.807) is 0 Å². The van der Waals surface area contributed by atoms with Crippen molar-refractivity contribution in [2.45, 2.75) is 26.8 Å². The molecule has 1 aromatic rings. The van der Waals surface area contributed by atoms with Crippen LogP contribution in [-0.2, 0) is 17.8 Å². The summed E-state index contributed by atoms with van der Waals surface area (Å²) in [7, 11) is 0. The van der Waals surface area contributed by atoms with Gasteiger partial charge in [-0.3, -0.25) is 4.79 Å². The van der Waals surface area contributed by atoms with Gasteiger partial charge in [0.05, 0.1) is 12.7 Å². The van der Waals surface area contributed by atoms with Crippen LogP contribution in [-0.4, -0.2) is 12.5 Å². The first kappa shape index (κ1) is 13.4. The quantitative estimate of drug-likeness (QED) is 0.898. The van der Waals surface area contributed by atoms with Crippen molar-refractivity contribution < 1.29 is 9.53 Å². The fourth-order valence-corrected chi connectivity index (χ4v) is 2.16. The van der Waals surface area contributed by atoms with Crippen LogP contribution in [0.3, 0.4) is 0 Å². The summed E-state index contributed by atoms with van der Waals surface area (Å²) in [4.78, 5) is 11.9. The summed E-state index contributed by atoms with van der Waals surface area (Å²) in [5, 5.41) is 11.8. The van der Waals surface area contributed by atoms with E-state index in [0.29, 0.717) is 6.54 Å². The van der Waals surface area contributed by atoms with E-state index in [9.17, 15) is 4.79 Å². The monoisotopic (exact) mass is 258 g/mol. The Bertz CT molecular complexity index is 517. The molecule has 19 heavy (non-hydrogen) atoms. The lowest BCUT2D eigenvalue weighted by Crippen LogP contribution is -2.32. The fourth-order valence-electron chi connectivity index (χ4n) is 2.16. The van der Waals surface area contributed by atoms with Crippen molar-refractivity contribution in [1.29, 1.82) is 5.26 Å². The first-order chi connectivity index (χ1) is 9.11. The van der Waals surface area contributed by atoms with Gasteiger partial charge in [0.15, 0.2) is 0 Å². The van der Waals surface area contributed by atoms with Crippen molar-refractivity contribution in [2.24, 2.45) is 11.8 Å². The summed E-state index contributed by atoms with van der Waals surface area (Å²) < 4.78 is 5.44. The molecule has 0 bridgehead atoms. The van der Waals surface area contributed by atoms with Gasteiger partial charge in [-0.05, 0) is 23.1 Å². The van der Waals surface area contributed by atoms with Crippen LogP contribution in [0.2, 0.25) is 0 Å². The summed E-state index contributed by atoms with van der Waals surface area (Å²) in [6.45, 7) is 4.94. The molecule has 1 unspecified atom stereocenters. The Morgan fingerprint density at radius 1 is 1.53 bits per heavy atom. The summed E-state index contributed by atoms with van der Waals surface area (Å²) >= 11 is 0. The van der Waals surface area contributed by atoms with Crippen LogP contribution in [0.5, 0.6) is 5.75 Å². The molecule has 0 aliphatic carbocycles. The molecular weight excluding hydrogens is 240 g/mol. The van der Waals surface area contributed by atoms with E-state index in [2.05, 4.69) is 11.4 Å². The summed E-state index contributed by atoms with van der Waals surface area (Å²) in [6.07, 6.45) is 0.921. The zero-order valence-electron chi connectivity index (χ0n) is 11.3. The first-order valence-corrected chi connectivity index (χ1v) is 6.53. The summed E-state index contributed by atoms with van der Waals surface area (Å²) in [5.41, 5.74) is 2.23. The van der Waals surface area contributed by atoms with Gasteiger partial charge in [-0.1, -0.05) is 26.0 Å². The average molecular weight is 258 g/mol. The summed E-state index contributed by atoms with van der Waals surface area (Å²) in [6, 6.07) is 7.99. The molecule has 1 amide bonds. The largest absolute Gasteiger partial charge is 0.493 e. The number of rotatable bonds is 4. The van der Waals surface area contributed by atoms with Gasteiger partial charge in [-0.25, -0.2) is 0 Å². The number of hydrogen-bond acceptors (Lipinski definition) is 3. The van der Waals surface area contributed by atoms with Crippen LogP contribution in [0, 0.1) is 23.2 Å². The highest BCUT2D eigenvalue weighted by atomic mass is 16.5. The van der Waals surface area contributed by atoms with Crippen LogP contribution < -0.4 is 10.1 Å². The second-order valence-electron chi connectivity index (χ2n) is 5.11. The zero-order chi connectivity index (χ0) is 13.8. The van der Waals surface area contributed by atoms with Gasteiger partial charge in [0, 0.05) is 13.0 Å². The number of carbonyl (C=O) groups is 1. The lowest BCUT2D eigenvalue weighted by molar-refractivity contribution is -0.124. The average Bonchev–Trinajstić information content (AvgIpc) is 2.84. The van der Waals surface area contributed by atoms with Crippen LogP contribution >= 0.6 is 0 Å². The molecule has 0 spiro atoms. The number of ether oxygens (including phenoxy) is 1. The molecule has 100 valence electrons. The standard InChI is InChI=1S/C15H18N2O2/c1-10(2)13(8-16)15(18)17-9-11-3-4-14-12(7-11)5-6-19-14/h3-4,7,10,13H,5-6,9H2,1-2H3,(H,17,18). The van der Waals surface area contributed by atoms with Crippen molar-refractivity contribution >= 4 is 5.91 Å². The normalized spacial score (nSPS) is 14.4. The minimum Gasteiger partial charge on any atom is -0.493 e. The van der Waals surface area contributed by atoms with Crippen LogP contribution in [0.25, 0.3) is 0 Å². The van der Waals surface area contributed by atoms with Gasteiger partial charge < -0.3 is 10.1 Å². The fraction of sp³-hybridized carbons (Fsp3) is 0.467. The van der Waals surface area contributed by atoms with E-state index in [4.69, 9.17) is 10.00 Å². The van der Waals surface area contributed by atoms with Gasteiger partial charge in [0.1, 0.15) is 11.7 Å². The molecule has 0 saturated heterocycles. The Morgan fingerprint density at radius 2 is 2.32 bits per heavy atom. The maximum absolute atomic E-state index is 11.9. The maximum atomic E-state index is 11.9. The number of benzene rings is 1. The molecule has 0 fully saturated rings. The van der Waals surface area contributed by atoms with Crippen molar-refractivity contribution in [3.05, 3.63) is 29.3 Å². The Labute approximate surface area is 113 Å². The molecule has 1 heterocycles. The van der Waals surface area contributed by atoms with Crippen LogP contribution in [0.15, 0.2) is 18.2 Å². The minimum absolute atomic E-state index is 0.0263. The molecule has 4 nitrogen and oxygen atoms in total. The maximum Gasteiger partial charge on any atom is 0.237 e. The van der Waals surface area contributed by atoms with Crippen molar-refractivity contribution in [3.63, 3.8) is 0 Å². The smallest absolute Gasteiger partial charge is 0.237 e. The van der Waals surface area contributed by atoms with Crippen molar-refractivity contribution in [1.82, 2.24) is 5.32 Å². The van der Waals surface area contributed by atoms with Gasteiger partial charge in [-0.15, -0.1) is 0 Å². The molecule has 0 radical (unpaired) electrons. The summed E-state index contributed by atoms with van der Waals surface area (Å²) in [5.74, 6) is 0.178. The van der Waals surface area contributed by atoms with E-state index >= 15 is 0 Å². The highest BCUT2D eigenvalue weighted by molar-refractivity contribution is 5.81. The molecule has 1 aliphatic rings. The number of hydrogen-bond donors (Lipinski definition) is 1. The molecular formula is C15H18N2O2. The third-order valence-corrected chi connectivity index (χ3v) is 3.31. The predicted octanol–water partition coefficient (Wildman–Crippen LogP) is 2.03. The Hall–Kier alpha value is -2.02. The SMILES string of the molecule is CC(C)C(C#N)C(=O)NCc1ccc2c(c1)CCO2. The van der Waals surface area contributed by atoms with Gasteiger partial charge in [-0.2, -0.15) is 5.26 Å². The second-order valence-corrected chi connectivity index (χ2v) is 5.11. The molecule has 0 saturated carbocycles. The number of fused-ring (bicyclic) bond motifs is 1. The molecule has 1 aromatic carbocycles. The van der Waals surface area contributed by atoms with E-state index < -0.39 is 5.92 Å². The number of nitrogens with one attached hydrogen (secondary N) is 1. The van der Waals surface area contributed by atoms with Gasteiger partial charge in [0.25, 0.3) is 0 Å².